The van der Waals surface area contributed by atoms with Gasteiger partial charge in [0.2, 0.25) is 0 Å². The molecule has 3 heteroatoms. The summed E-state index contributed by atoms with van der Waals surface area (Å²) in [6, 6.07) is 0. The van der Waals surface area contributed by atoms with Gasteiger partial charge in [-0.2, -0.15) is 0 Å². The lowest BCUT2D eigenvalue weighted by atomic mass is 10.2. The van der Waals surface area contributed by atoms with Gasteiger partial charge >= 0.3 is 0 Å². The predicted molar refractivity (Wildman–Crippen MR) is 40.5 cm³/mol. The molecule has 1 fully saturated rings. The van der Waals surface area contributed by atoms with Gasteiger partial charge in [-0.15, -0.1) is 0 Å². The Kier molecular flexibility index (Phi) is 3.12. The molecular weight excluding hydrogens is 128 g/mol. The average molecular weight is 144 g/mol. The maximum Gasteiger partial charge on any atom is 0.0553 e. The second kappa shape index (κ2) is 3.91. The van der Waals surface area contributed by atoms with E-state index in [4.69, 9.17) is 0 Å². The summed E-state index contributed by atoms with van der Waals surface area (Å²) in [5.41, 5.74) is 3.09. The first-order valence-corrected chi connectivity index (χ1v) is 3.93. The molecule has 1 aliphatic rings. The van der Waals surface area contributed by atoms with Gasteiger partial charge in [-0.25, -0.2) is 5.01 Å². The third kappa shape index (κ3) is 2.25. The standard InChI is InChI=1S/C7H16N2O/c1-8-9-5-2-3-7(10)4-6-9/h7-8,10H,2-6H2,1H3/t7-/m0/s1. The largest absolute Gasteiger partial charge is 0.393 e. The Labute approximate surface area is 62.0 Å². The summed E-state index contributed by atoms with van der Waals surface area (Å²) in [7, 11) is 1.93. The molecule has 0 unspecified atom stereocenters. The second-order valence-corrected chi connectivity index (χ2v) is 2.80. The van der Waals surface area contributed by atoms with Crippen LogP contribution in [0.2, 0.25) is 0 Å². The SMILES string of the molecule is CNN1CCC[C@H](O)CC1. The fourth-order valence-corrected chi connectivity index (χ4v) is 1.30. The molecule has 0 aliphatic carbocycles. The zero-order chi connectivity index (χ0) is 7.40. The Morgan fingerprint density at radius 3 is 2.90 bits per heavy atom. The number of nitrogens with one attached hydrogen (secondary N) is 1. The molecule has 0 spiro atoms. The van der Waals surface area contributed by atoms with E-state index in [0.717, 1.165) is 32.4 Å². The predicted octanol–water partition coefficient (Wildman–Crippen LogP) is -0.0324. The van der Waals surface area contributed by atoms with Crippen LogP contribution in [-0.4, -0.2) is 36.4 Å². The van der Waals surface area contributed by atoms with E-state index in [2.05, 4.69) is 10.4 Å². The fourth-order valence-electron chi connectivity index (χ4n) is 1.30. The lowest BCUT2D eigenvalue weighted by Gasteiger charge is -2.17. The maximum atomic E-state index is 9.25. The molecule has 10 heavy (non-hydrogen) atoms. The van der Waals surface area contributed by atoms with Crippen LogP contribution in [0, 0.1) is 0 Å². The molecule has 1 atom stereocenters. The zero-order valence-corrected chi connectivity index (χ0v) is 6.51. The van der Waals surface area contributed by atoms with Gasteiger partial charge in [0.1, 0.15) is 0 Å². The van der Waals surface area contributed by atoms with Crippen molar-refractivity contribution < 1.29 is 5.11 Å². The summed E-state index contributed by atoms with van der Waals surface area (Å²) in [5.74, 6) is 0. The van der Waals surface area contributed by atoms with E-state index in [-0.39, 0.29) is 6.10 Å². The Morgan fingerprint density at radius 2 is 2.20 bits per heavy atom. The highest BCUT2D eigenvalue weighted by Gasteiger charge is 2.12. The molecular formula is C7H16N2O. The summed E-state index contributed by atoms with van der Waals surface area (Å²) >= 11 is 0. The molecule has 0 radical (unpaired) electrons. The van der Waals surface area contributed by atoms with Crippen LogP contribution >= 0.6 is 0 Å². The van der Waals surface area contributed by atoms with E-state index in [0.29, 0.717) is 0 Å². The van der Waals surface area contributed by atoms with Crippen LogP contribution in [0.25, 0.3) is 0 Å². The van der Waals surface area contributed by atoms with Crippen LogP contribution in [-0.2, 0) is 0 Å². The first-order valence-electron chi connectivity index (χ1n) is 3.93. The molecule has 1 rings (SSSR count). The minimum Gasteiger partial charge on any atom is -0.393 e. The molecule has 3 nitrogen and oxygen atoms in total. The van der Waals surface area contributed by atoms with Crippen molar-refractivity contribution in [1.29, 1.82) is 0 Å². The minimum atomic E-state index is -0.0710. The number of nitrogens with zero attached hydrogens (tertiary/aromatic N) is 1. The minimum absolute atomic E-state index is 0.0710. The molecule has 0 bridgehead atoms. The van der Waals surface area contributed by atoms with Crippen molar-refractivity contribution >= 4 is 0 Å². The molecule has 60 valence electrons. The van der Waals surface area contributed by atoms with Gasteiger partial charge in [-0.05, 0) is 26.3 Å². The Hall–Kier alpha value is -0.120. The normalized spacial score (nSPS) is 30.0. The van der Waals surface area contributed by atoms with Crippen molar-refractivity contribution in [2.45, 2.75) is 25.4 Å². The van der Waals surface area contributed by atoms with Gasteiger partial charge in [0.25, 0.3) is 0 Å². The number of hydrazine groups is 1. The molecule has 0 amide bonds. The van der Waals surface area contributed by atoms with Crippen LogP contribution < -0.4 is 5.43 Å². The van der Waals surface area contributed by atoms with Crippen molar-refractivity contribution in [1.82, 2.24) is 10.4 Å². The summed E-state index contributed by atoms with van der Waals surface area (Å²) in [6.45, 7) is 2.03. The molecule has 0 aromatic rings. The highest BCUT2D eigenvalue weighted by molar-refractivity contribution is 4.65. The zero-order valence-electron chi connectivity index (χ0n) is 6.51. The summed E-state index contributed by atoms with van der Waals surface area (Å²) in [6.07, 6.45) is 2.89. The average Bonchev–Trinajstić information content (AvgIpc) is 2.14. The molecule has 0 aromatic heterocycles. The fraction of sp³-hybridized carbons (Fsp3) is 1.00. The van der Waals surface area contributed by atoms with E-state index >= 15 is 0 Å². The van der Waals surface area contributed by atoms with Gasteiger partial charge < -0.3 is 5.11 Å². The maximum absolute atomic E-state index is 9.25. The van der Waals surface area contributed by atoms with Crippen LogP contribution in [0.15, 0.2) is 0 Å². The smallest absolute Gasteiger partial charge is 0.0553 e. The third-order valence-electron chi connectivity index (χ3n) is 2.01. The lowest BCUT2D eigenvalue weighted by Crippen LogP contribution is -2.35. The van der Waals surface area contributed by atoms with Crippen molar-refractivity contribution in [3.63, 3.8) is 0 Å². The van der Waals surface area contributed by atoms with Crippen LogP contribution in [0.4, 0.5) is 0 Å². The van der Waals surface area contributed by atoms with E-state index in [1.807, 2.05) is 7.05 Å². The van der Waals surface area contributed by atoms with Gasteiger partial charge in [0, 0.05) is 13.1 Å². The monoisotopic (exact) mass is 144 g/mol. The molecule has 0 saturated carbocycles. The summed E-state index contributed by atoms with van der Waals surface area (Å²) < 4.78 is 0. The van der Waals surface area contributed by atoms with E-state index in [1.165, 1.54) is 0 Å². The van der Waals surface area contributed by atoms with Gasteiger partial charge in [-0.3, -0.25) is 5.43 Å². The Bertz CT molecular complexity index is 97.6. The summed E-state index contributed by atoms with van der Waals surface area (Å²) in [4.78, 5) is 0. The highest BCUT2D eigenvalue weighted by Crippen LogP contribution is 2.07. The van der Waals surface area contributed by atoms with Gasteiger partial charge in [-0.1, -0.05) is 0 Å². The Morgan fingerprint density at radius 1 is 1.40 bits per heavy atom. The highest BCUT2D eigenvalue weighted by atomic mass is 16.3. The van der Waals surface area contributed by atoms with Crippen LogP contribution in [0.3, 0.4) is 0 Å². The Balaban J connectivity index is 2.26. The summed E-state index contributed by atoms with van der Waals surface area (Å²) in [5, 5.41) is 11.4. The van der Waals surface area contributed by atoms with Crippen LogP contribution in [0.5, 0.6) is 0 Å². The van der Waals surface area contributed by atoms with Crippen molar-refractivity contribution in [2.75, 3.05) is 20.1 Å². The lowest BCUT2D eigenvalue weighted by molar-refractivity contribution is 0.149. The van der Waals surface area contributed by atoms with Crippen molar-refractivity contribution in [3.05, 3.63) is 0 Å². The number of rotatable bonds is 1. The van der Waals surface area contributed by atoms with E-state index in [1.54, 1.807) is 0 Å². The van der Waals surface area contributed by atoms with Crippen LogP contribution in [0.1, 0.15) is 19.3 Å². The second-order valence-electron chi connectivity index (χ2n) is 2.80. The van der Waals surface area contributed by atoms with E-state index in [9.17, 15) is 5.11 Å². The number of hydrogen-bond donors (Lipinski definition) is 2. The molecule has 0 aromatic carbocycles. The van der Waals surface area contributed by atoms with Gasteiger partial charge in [0.15, 0.2) is 0 Å². The van der Waals surface area contributed by atoms with Gasteiger partial charge in [0.05, 0.1) is 6.10 Å². The number of aliphatic hydroxyl groups is 1. The van der Waals surface area contributed by atoms with Crippen molar-refractivity contribution in [3.8, 4) is 0 Å². The molecule has 1 aliphatic heterocycles. The van der Waals surface area contributed by atoms with E-state index < -0.39 is 0 Å². The quantitative estimate of drug-likeness (QED) is 0.542. The number of aliphatic hydroxyl groups excluding tert-OH is 1. The van der Waals surface area contributed by atoms with Crippen molar-refractivity contribution in [2.24, 2.45) is 0 Å². The number of hydrogen-bond acceptors (Lipinski definition) is 3. The molecule has 1 heterocycles. The molecule has 2 N–H and O–H groups in total. The first-order chi connectivity index (χ1) is 4.83. The third-order valence-corrected chi connectivity index (χ3v) is 2.01. The topological polar surface area (TPSA) is 35.5 Å². The molecule has 1 saturated heterocycles. The first kappa shape index (κ1) is 7.98.